The minimum Gasteiger partial charge on any atom is -0.445 e. The Labute approximate surface area is 102 Å². The number of rotatable bonds is 4. The largest absolute Gasteiger partial charge is 0.445 e. The molecule has 17 heavy (non-hydrogen) atoms. The highest BCUT2D eigenvalue weighted by atomic mass is 16.6. The van der Waals surface area contributed by atoms with E-state index in [1.165, 1.54) is 6.08 Å². The topological polar surface area (TPSA) is 58.6 Å². The van der Waals surface area contributed by atoms with Crippen LogP contribution in [0.3, 0.4) is 0 Å². The van der Waals surface area contributed by atoms with Gasteiger partial charge in [-0.15, -0.1) is 0 Å². The molecule has 0 radical (unpaired) electrons. The van der Waals surface area contributed by atoms with Gasteiger partial charge in [-0.2, -0.15) is 0 Å². The molecule has 0 bridgehead atoms. The lowest BCUT2D eigenvalue weighted by Crippen LogP contribution is -2.49. The fourth-order valence-corrected chi connectivity index (χ4v) is 1.81. The summed E-state index contributed by atoms with van der Waals surface area (Å²) in [5, 5.41) is 2.90. The summed E-state index contributed by atoms with van der Waals surface area (Å²) in [5.41, 5.74) is 0. The van der Waals surface area contributed by atoms with Crippen LogP contribution in [0.4, 0.5) is 4.79 Å². The number of ether oxygens (including phenoxy) is 1. The number of nitrogens with one attached hydrogen (secondary N) is 1. The molecule has 1 N–H and O–H groups in total. The number of carbonyl (C=O) groups is 2. The fraction of sp³-hybridized carbons (Fsp3) is 0.667. The van der Waals surface area contributed by atoms with E-state index in [0.29, 0.717) is 19.5 Å². The van der Waals surface area contributed by atoms with Crippen molar-refractivity contribution in [2.75, 3.05) is 19.7 Å². The van der Waals surface area contributed by atoms with Crippen molar-refractivity contribution in [1.82, 2.24) is 10.2 Å². The van der Waals surface area contributed by atoms with Crippen molar-refractivity contribution in [3.05, 3.63) is 12.7 Å². The molecule has 1 aliphatic heterocycles. The first-order valence-electron chi connectivity index (χ1n) is 5.99. The van der Waals surface area contributed by atoms with E-state index in [9.17, 15) is 9.59 Å². The van der Waals surface area contributed by atoms with E-state index in [2.05, 4.69) is 11.9 Å². The van der Waals surface area contributed by atoms with E-state index in [4.69, 9.17) is 4.74 Å². The van der Waals surface area contributed by atoms with E-state index < -0.39 is 0 Å². The van der Waals surface area contributed by atoms with Crippen LogP contribution in [0.2, 0.25) is 0 Å². The lowest BCUT2D eigenvalue weighted by Gasteiger charge is -2.32. The van der Waals surface area contributed by atoms with Crippen LogP contribution in [0.1, 0.15) is 26.2 Å². The molecule has 96 valence electrons. The summed E-state index contributed by atoms with van der Waals surface area (Å²) in [6.07, 6.45) is 3.48. The normalized spacial score (nSPS) is 19.6. The van der Waals surface area contributed by atoms with Crippen molar-refractivity contribution >= 4 is 12.0 Å². The van der Waals surface area contributed by atoms with E-state index in [0.717, 1.165) is 12.8 Å². The Bertz CT molecular complexity index is 291. The first-order chi connectivity index (χ1) is 8.17. The zero-order valence-corrected chi connectivity index (χ0v) is 10.3. The average Bonchev–Trinajstić information content (AvgIpc) is 2.36. The van der Waals surface area contributed by atoms with Crippen LogP contribution in [0.25, 0.3) is 0 Å². The highest BCUT2D eigenvalue weighted by Crippen LogP contribution is 2.11. The molecule has 0 aliphatic carbocycles. The van der Waals surface area contributed by atoms with E-state index in [1.807, 2.05) is 6.92 Å². The zero-order valence-electron chi connectivity index (χ0n) is 10.3. The lowest BCUT2D eigenvalue weighted by atomic mass is 10.1. The van der Waals surface area contributed by atoms with Crippen LogP contribution >= 0.6 is 0 Å². The molecule has 0 aromatic heterocycles. The molecule has 0 aromatic carbocycles. The van der Waals surface area contributed by atoms with Crippen LogP contribution in [0, 0.1) is 0 Å². The molecule has 1 atom stereocenters. The fourth-order valence-electron chi connectivity index (χ4n) is 1.81. The number of carbonyl (C=O) groups excluding carboxylic acids is 2. The maximum absolute atomic E-state index is 11.6. The molecule has 0 aromatic rings. The van der Waals surface area contributed by atoms with Crippen molar-refractivity contribution in [3.63, 3.8) is 0 Å². The zero-order chi connectivity index (χ0) is 12.7. The minimum atomic E-state index is -0.333. The van der Waals surface area contributed by atoms with Crippen molar-refractivity contribution in [3.8, 4) is 0 Å². The van der Waals surface area contributed by atoms with Gasteiger partial charge in [-0.25, -0.2) is 4.79 Å². The highest BCUT2D eigenvalue weighted by Gasteiger charge is 2.25. The summed E-state index contributed by atoms with van der Waals surface area (Å²) in [7, 11) is 0. The van der Waals surface area contributed by atoms with Gasteiger partial charge in [0.1, 0.15) is 6.61 Å². The van der Waals surface area contributed by atoms with Crippen molar-refractivity contribution in [2.45, 2.75) is 32.2 Å². The SMILES string of the molecule is C=CCOC(=O)N1CCCC(NC(=O)CC)C1. The predicted octanol–water partition coefficient (Wildman–Crippen LogP) is 1.30. The quantitative estimate of drug-likeness (QED) is 0.753. The molecule has 1 rings (SSSR count). The van der Waals surface area contributed by atoms with Gasteiger partial charge in [0.05, 0.1) is 0 Å². The maximum Gasteiger partial charge on any atom is 0.410 e. The minimum absolute atomic E-state index is 0.0244. The van der Waals surface area contributed by atoms with E-state index >= 15 is 0 Å². The molecule has 5 heteroatoms. The predicted molar refractivity (Wildman–Crippen MR) is 64.6 cm³/mol. The number of amides is 2. The van der Waals surface area contributed by atoms with Gasteiger partial charge < -0.3 is 15.0 Å². The molecule has 1 aliphatic rings. The molecule has 5 nitrogen and oxygen atoms in total. The molecule has 1 saturated heterocycles. The third-order valence-corrected chi connectivity index (χ3v) is 2.69. The van der Waals surface area contributed by atoms with Gasteiger partial charge in [-0.3, -0.25) is 4.79 Å². The standard InChI is InChI=1S/C12H20N2O3/c1-3-8-17-12(16)14-7-5-6-10(9-14)13-11(15)4-2/h3,10H,1,4-9H2,2H3,(H,13,15). The third-order valence-electron chi connectivity index (χ3n) is 2.69. The van der Waals surface area contributed by atoms with Crippen molar-refractivity contribution in [2.24, 2.45) is 0 Å². The van der Waals surface area contributed by atoms with Crippen molar-refractivity contribution in [1.29, 1.82) is 0 Å². The second-order valence-corrected chi connectivity index (χ2v) is 4.07. The summed E-state index contributed by atoms with van der Waals surface area (Å²) in [6, 6.07) is 0.0486. The van der Waals surface area contributed by atoms with Crippen LogP contribution in [-0.4, -0.2) is 42.6 Å². The molecular weight excluding hydrogens is 220 g/mol. The molecule has 1 heterocycles. The van der Waals surface area contributed by atoms with Gasteiger partial charge in [-0.05, 0) is 12.8 Å². The number of hydrogen-bond donors (Lipinski definition) is 1. The number of piperidine rings is 1. The summed E-state index contributed by atoms with van der Waals surface area (Å²) < 4.78 is 4.97. The Kier molecular flexibility index (Phi) is 5.52. The van der Waals surface area contributed by atoms with Crippen LogP contribution in [0.5, 0.6) is 0 Å². The third kappa shape index (κ3) is 4.46. The first kappa shape index (κ1) is 13.5. The van der Waals surface area contributed by atoms with Crippen LogP contribution in [0.15, 0.2) is 12.7 Å². The van der Waals surface area contributed by atoms with Crippen molar-refractivity contribution < 1.29 is 14.3 Å². The van der Waals surface area contributed by atoms with E-state index in [1.54, 1.807) is 4.90 Å². The Hall–Kier alpha value is -1.52. The second-order valence-electron chi connectivity index (χ2n) is 4.07. The Morgan fingerprint density at radius 3 is 3.00 bits per heavy atom. The van der Waals surface area contributed by atoms with Crippen LogP contribution in [-0.2, 0) is 9.53 Å². The number of nitrogens with zero attached hydrogens (tertiary/aromatic N) is 1. The van der Waals surface area contributed by atoms with Gasteiger partial charge in [0.15, 0.2) is 0 Å². The monoisotopic (exact) mass is 240 g/mol. The summed E-state index contributed by atoms with van der Waals surface area (Å²) >= 11 is 0. The van der Waals surface area contributed by atoms with Gasteiger partial charge in [0, 0.05) is 25.6 Å². The summed E-state index contributed by atoms with van der Waals surface area (Å²) in [5.74, 6) is 0.0244. The molecule has 0 spiro atoms. The van der Waals surface area contributed by atoms with Gasteiger partial charge in [-0.1, -0.05) is 19.6 Å². The number of likely N-dealkylation sites (tertiary alicyclic amines) is 1. The lowest BCUT2D eigenvalue weighted by molar-refractivity contribution is -0.121. The molecule has 1 fully saturated rings. The van der Waals surface area contributed by atoms with Gasteiger partial charge >= 0.3 is 6.09 Å². The summed E-state index contributed by atoms with van der Waals surface area (Å²) in [6.45, 7) is 6.75. The summed E-state index contributed by atoms with van der Waals surface area (Å²) in [4.78, 5) is 24.5. The Morgan fingerprint density at radius 2 is 2.35 bits per heavy atom. The van der Waals surface area contributed by atoms with Crippen LogP contribution < -0.4 is 5.32 Å². The maximum atomic E-state index is 11.6. The average molecular weight is 240 g/mol. The Morgan fingerprint density at radius 1 is 1.59 bits per heavy atom. The molecule has 1 unspecified atom stereocenters. The second kappa shape index (κ2) is 6.93. The Balaban J connectivity index is 2.40. The first-order valence-corrected chi connectivity index (χ1v) is 5.99. The van der Waals surface area contributed by atoms with Gasteiger partial charge in [0.25, 0.3) is 0 Å². The number of hydrogen-bond acceptors (Lipinski definition) is 3. The molecule has 2 amide bonds. The van der Waals surface area contributed by atoms with Gasteiger partial charge in [0.2, 0.25) is 5.91 Å². The highest BCUT2D eigenvalue weighted by molar-refractivity contribution is 5.76. The molecular formula is C12H20N2O3. The van der Waals surface area contributed by atoms with E-state index in [-0.39, 0.29) is 24.6 Å². The smallest absolute Gasteiger partial charge is 0.410 e. The molecule has 0 saturated carbocycles.